The first-order valence-electron chi connectivity index (χ1n) is 4.32. The van der Waals surface area contributed by atoms with Gasteiger partial charge in [0.2, 0.25) is 0 Å². The van der Waals surface area contributed by atoms with Gasteiger partial charge in [-0.2, -0.15) is 0 Å². The molecule has 0 spiro atoms. The van der Waals surface area contributed by atoms with E-state index in [0.717, 1.165) is 12.8 Å². The molecule has 1 radical (unpaired) electrons. The quantitative estimate of drug-likeness (QED) is 0.546. The Hall–Kier alpha value is -0.880. The van der Waals surface area contributed by atoms with Gasteiger partial charge in [0.25, 0.3) is 0 Å². The number of unbranched alkanes of at least 4 members (excludes halogenated alkanes) is 1. The van der Waals surface area contributed by atoms with Crippen molar-refractivity contribution in [3.63, 3.8) is 0 Å². The largest absolute Gasteiger partial charge is 0.119 e. The molecule has 12 heavy (non-hydrogen) atoms. The van der Waals surface area contributed by atoms with E-state index in [4.69, 9.17) is 6.42 Å². The standard InChI is InChI=1S/C12H17/c1-6-8-9-10-11(7-2)12(3,4)5/h2,11H,3,6,8H2,1,4-5H3. The minimum atomic E-state index is -0.143. The molecule has 65 valence electrons. The zero-order chi connectivity index (χ0) is 9.61. The first-order valence-corrected chi connectivity index (χ1v) is 4.32. The van der Waals surface area contributed by atoms with Gasteiger partial charge in [0.05, 0.1) is 5.92 Å². The summed E-state index contributed by atoms with van der Waals surface area (Å²) >= 11 is 0. The molecule has 0 amide bonds. The van der Waals surface area contributed by atoms with Crippen LogP contribution in [0.1, 0.15) is 33.6 Å². The highest BCUT2D eigenvalue weighted by Gasteiger charge is 2.20. The Morgan fingerprint density at radius 1 is 1.50 bits per heavy atom. The van der Waals surface area contributed by atoms with Crippen molar-refractivity contribution in [2.75, 3.05) is 0 Å². The Balaban J connectivity index is 4.24. The fraction of sp³-hybridized carbons (Fsp3) is 0.583. The highest BCUT2D eigenvalue weighted by atomic mass is 14.2. The average Bonchev–Trinajstić information content (AvgIpc) is 1.95. The third-order valence-corrected chi connectivity index (χ3v) is 1.57. The van der Waals surface area contributed by atoms with Gasteiger partial charge in [-0.3, -0.25) is 0 Å². The molecule has 0 aliphatic carbocycles. The molecule has 0 N–H and O–H groups in total. The lowest BCUT2D eigenvalue weighted by Crippen LogP contribution is -2.17. The number of rotatable bonds is 2. The van der Waals surface area contributed by atoms with E-state index in [1.165, 1.54) is 0 Å². The summed E-state index contributed by atoms with van der Waals surface area (Å²) in [6.45, 7) is 10.1. The van der Waals surface area contributed by atoms with Crippen molar-refractivity contribution < 1.29 is 0 Å². The highest BCUT2D eigenvalue weighted by molar-refractivity contribution is 5.19. The Kier molecular flexibility index (Phi) is 4.53. The van der Waals surface area contributed by atoms with Gasteiger partial charge >= 0.3 is 0 Å². The van der Waals surface area contributed by atoms with Gasteiger partial charge in [-0.15, -0.1) is 12.3 Å². The van der Waals surface area contributed by atoms with Crippen molar-refractivity contribution in [3.05, 3.63) is 6.92 Å². The third kappa shape index (κ3) is 4.09. The molecule has 0 bridgehead atoms. The molecule has 0 heterocycles. The maximum Gasteiger partial charge on any atom is 0.0859 e. The Labute approximate surface area is 76.8 Å². The molecule has 0 aromatic rings. The van der Waals surface area contributed by atoms with Gasteiger partial charge in [0, 0.05) is 6.42 Å². The molecule has 1 unspecified atom stereocenters. The lowest BCUT2D eigenvalue weighted by Gasteiger charge is -2.20. The van der Waals surface area contributed by atoms with Crippen molar-refractivity contribution in [2.24, 2.45) is 11.3 Å². The van der Waals surface area contributed by atoms with E-state index in [9.17, 15) is 0 Å². The highest BCUT2D eigenvalue weighted by Crippen LogP contribution is 2.23. The van der Waals surface area contributed by atoms with E-state index >= 15 is 0 Å². The predicted octanol–water partition coefficient (Wildman–Crippen LogP) is 2.90. The Morgan fingerprint density at radius 2 is 2.08 bits per heavy atom. The summed E-state index contributed by atoms with van der Waals surface area (Å²) in [5.41, 5.74) is -0.143. The summed E-state index contributed by atoms with van der Waals surface area (Å²) < 4.78 is 0. The summed E-state index contributed by atoms with van der Waals surface area (Å²) in [6, 6.07) is 0. The topological polar surface area (TPSA) is 0 Å². The summed E-state index contributed by atoms with van der Waals surface area (Å²) in [5, 5.41) is 0. The molecule has 0 fully saturated rings. The molecular weight excluding hydrogens is 144 g/mol. The summed E-state index contributed by atoms with van der Waals surface area (Å²) in [6.07, 6.45) is 7.36. The van der Waals surface area contributed by atoms with Crippen LogP contribution in [0.2, 0.25) is 0 Å². The van der Waals surface area contributed by atoms with E-state index < -0.39 is 0 Å². The van der Waals surface area contributed by atoms with Crippen LogP contribution in [-0.4, -0.2) is 0 Å². The van der Waals surface area contributed by atoms with Crippen LogP contribution in [0.5, 0.6) is 0 Å². The summed E-state index contributed by atoms with van der Waals surface area (Å²) in [4.78, 5) is 0. The smallest absolute Gasteiger partial charge is 0.0859 e. The number of hydrogen-bond acceptors (Lipinski definition) is 0. The average molecular weight is 161 g/mol. The predicted molar refractivity (Wildman–Crippen MR) is 54.1 cm³/mol. The normalized spacial score (nSPS) is 12.6. The lowest BCUT2D eigenvalue weighted by atomic mass is 9.82. The third-order valence-electron chi connectivity index (χ3n) is 1.57. The molecule has 0 nitrogen and oxygen atoms in total. The molecule has 0 aromatic heterocycles. The van der Waals surface area contributed by atoms with Gasteiger partial charge in [-0.05, 0) is 18.8 Å². The monoisotopic (exact) mass is 161 g/mol. The SMILES string of the molecule is C#CC(C#CCCC)C([CH2])(C)C. The fourth-order valence-corrected chi connectivity index (χ4v) is 0.762. The van der Waals surface area contributed by atoms with Gasteiger partial charge in [-0.25, -0.2) is 0 Å². The summed E-state index contributed by atoms with van der Waals surface area (Å²) in [7, 11) is 0. The van der Waals surface area contributed by atoms with Crippen molar-refractivity contribution in [1.29, 1.82) is 0 Å². The number of terminal acetylenes is 1. The Bertz CT molecular complexity index is 211. The van der Waals surface area contributed by atoms with E-state index in [1.807, 2.05) is 13.8 Å². The second-order valence-corrected chi connectivity index (χ2v) is 3.66. The molecule has 0 aliphatic rings. The van der Waals surface area contributed by atoms with Crippen LogP contribution in [0.3, 0.4) is 0 Å². The van der Waals surface area contributed by atoms with Gasteiger partial charge in [0.15, 0.2) is 0 Å². The molecule has 0 aromatic carbocycles. The van der Waals surface area contributed by atoms with Crippen molar-refractivity contribution in [2.45, 2.75) is 33.6 Å². The van der Waals surface area contributed by atoms with Crippen LogP contribution in [-0.2, 0) is 0 Å². The van der Waals surface area contributed by atoms with Crippen LogP contribution < -0.4 is 0 Å². The maximum atomic E-state index is 5.35. The minimum absolute atomic E-state index is 0.0240. The van der Waals surface area contributed by atoms with Crippen LogP contribution >= 0.6 is 0 Å². The molecular formula is C12H17. The first-order chi connectivity index (χ1) is 5.52. The van der Waals surface area contributed by atoms with Crippen molar-refractivity contribution in [3.8, 4) is 24.2 Å². The maximum absolute atomic E-state index is 5.35. The van der Waals surface area contributed by atoms with E-state index in [-0.39, 0.29) is 11.3 Å². The zero-order valence-electron chi connectivity index (χ0n) is 8.28. The molecule has 0 saturated carbocycles. The first kappa shape index (κ1) is 11.1. The molecule has 1 atom stereocenters. The van der Waals surface area contributed by atoms with Crippen LogP contribution in [0.4, 0.5) is 0 Å². The molecule has 0 rings (SSSR count). The van der Waals surface area contributed by atoms with E-state index in [0.29, 0.717) is 0 Å². The minimum Gasteiger partial charge on any atom is -0.119 e. The van der Waals surface area contributed by atoms with Gasteiger partial charge < -0.3 is 0 Å². The molecule has 0 saturated heterocycles. The van der Waals surface area contributed by atoms with Crippen molar-refractivity contribution >= 4 is 0 Å². The van der Waals surface area contributed by atoms with Crippen LogP contribution in [0.15, 0.2) is 0 Å². The van der Waals surface area contributed by atoms with Crippen LogP contribution in [0.25, 0.3) is 0 Å². The molecule has 0 aliphatic heterocycles. The fourth-order valence-electron chi connectivity index (χ4n) is 0.762. The van der Waals surface area contributed by atoms with Gasteiger partial charge in [-0.1, -0.05) is 32.6 Å². The number of hydrogen-bond donors (Lipinski definition) is 0. The zero-order valence-corrected chi connectivity index (χ0v) is 8.28. The Morgan fingerprint density at radius 3 is 2.42 bits per heavy atom. The lowest BCUT2D eigenvalue weighted by molar-refractivity contribution is 0.418. The molecule has 0 heteroatoms. The van der Waals surface area contributed by atoms with Crippen LogP contribution in [0, 0.1) is 42.4 Å². The summed E-state index contributed by atoms with van der Waals surface area (Å²) in [5.74, 6) is 8.76. The van der Waals surface area contributed by atoms with Gasteiger partial charge in [0.1, 0.15) is 0 Å². The van der Waals surface area contributed by atoms with E-state index in [2.05, 4.69) is 31.6 Å². The second kappa shape index (κ2) is 4.89. The second-order valence-electron chi connectivity index (χ2n) is 3.66. The van der Waals surface area contributed by atoms with E-state index in [1.54, 1.807) is 0 Å². The van der Waals surface area contributed by atoms with Crippen molar-refractivity contribution in [1.82, 2.24) is 0 Å².